The molecule has 0 spiro atoms. The SMILES string of the molecule is CCC1CCCN1C(=O)NC(C(=O)O)C1CC1. The van der Waals surface area contributed by atoms with E-state index in [0.29, 0.717) is 0 Å². The fourth-order valence-electron chi connectivity index (χ4n) is 2.55. The van der Waals surface area contributed by atoms with Gasteiger partial charge in [-0.15, -0.1) is 0 Å². The number of carboxylic acids is 1. The van der Waals surface area contributed by atoms with Gasteiger partial charge in [0.15, 0.2) is 0 Å². The molecule has 5 nitrogen and oxygen atoms in total. The van der Waals surface area contributed by atoms with Crippen LogP contribution in [0.4, 0.5) is 4.79 Å². The van der Waals surface area contributed by atoms with Crippen molar-refractivity contribution >= 4 is 12.0 Å². The van der Waals surface area contributed by atoms with Crippen molar-refractivity contribution in [2.45, 2.75) is 51.1 Å². The molecule has 17 heavy (non-hydrogen) atoms. The molecule has 2 N–H and O–H groups in total. The lowest BCUT2D eigenvalue weighted by molar-refractivity contribution is -0.139. The lowest BCUT2D eigenvalue weighted by atomic mass is 10.1. The molecule has 1 saturated heterocycles. The van der Waals surface area contributed by atoms with Crippen molar-refractivity contribution in [3.05, 3.63) is 0 Å². The van der Waals surface area contributed by atoms with Crippen molar-refractivity contribution < 1.29 is 14.7 Å². The van der Waals surface area contributed by atoms with Crippen LogP contribution >= 0.6 is 0 Å². The van der Waals surface area contributed by atoms with Gasteiger partial charge in [-0.05, 0) is 38.0 Å². The Hall–Kier alpha value is -1.26. The first-order valence-corrected chi connectivity index (χ1v) is 6.43. The number of carboxylic acid groups (broad SMARTS) is 1. The van der Waals surface area contributed by atoms with E-state index in [0.717, 1.165) is 38.6 Å². The Labute approximate surface area is 101 Å². The van der Waals surface area contributed by atoms with Gasteiger partial charge < -0.3 is 15.3 Å². The minimum atomic E-state index is -0.909. The Bertz CT molecular complexity index is 315. The van der Waals surface area contributed by atoms with E-state index in [1.165, 1.54) is 0 Å². The van der Waals surface area contributed by atoms with Crippen LogP contribution in [0.3, 0.4) is 0 Å². The number of hydrogen-bond acceptors (Lipinski definition) is 2. The predicted molar refractivity (Wildman–Crippen MR) is 62.7 cm³/mol. The van der Waals surface area contributed by atoms with Crippen LogP contribution in [-0.2, 0) is 4.79 Å². The van der Waals surface area contributed by atoms with E-state index in [-0.39, 0.29) is 18.0 Å². The second-order valence-electron chi connectivity index (χ2n) is 5.00. The van der Waals surface area contributed by atoms with Crippen molar-refractivity contribution in [1.29, 1.82) is 0 Å². The second kappa shape index (κ2) is 4.94. The molecule has 1 aliphatic heterocycles. The van der Waals surface area contributed by atoms with Gasteiger partial charge in [0, 0.05) is 12.6 Å². The summed E-state index contributed by atoms with van der Waals surface area (Å²) in [6, 6.07) is -0.613. The molecule has 0 radical (unpaired) electrons. The first kappa shape index (κ1) is 12.2. The summed E-state index contributed by atoms with van der Waals surface area (Å²) >= 11 is 0. The monoisotopic (exact) mass is 240 g/mol. The predicted octanol–water partition coefficient (Wildman–Crippen LogP) is 1.43. The number of urea groups is 1. The van der Waals surface area contributed by atoms with Crippen molar-refractivity contribution in [2.24, 2.45) is 5.92 Å². The van der Waals surface area contributed by atoms with Crippen LogP contribution in [0.2, 0.25) is 0 Å². The molecular formula is C12H20N2O3. The van der Waals surface area contributed by atoms with Gasteiger partial charge in [0.05, 0.1) is 0 Å². The van der Waals surface area contributed by atoms with Crippen molar-refractivity contribution in [3.8, 4) is 0 Å². The van der Waals surface area contributed by atoms with Crippen LogP contribution in [0.15, 0.2) is 0 Å². The van der Waals surface area contributed by atoms with E-state index in [9.17, 15) is 9.59 Å². The molecule has 2 amide bonds. The quantitative estimate of drug-likeness (QED) is 0.781. The van der Waals surface area contributed by atoms with Crippen LogP contribution in [-0.4, -0.2) is 40.6 Å². The molecule has 1 saturated carbocycles. The molecule has 1 aliphatic carbocycles. The Kier molecular flexibility index (Phi) is 3.54. The topological polar surface area (TPSA) is 69.6 Å². The summed E-state index contributed by atoms with van der Waals surface area (Å²) in [5.74, 6) is -0.771. The van der Waals surface area contributed by atoms with Crippen LogP contribution in [0.5, 0.6) is 0 Å². The highest BCUT2D eigenvalue weighted by molar-refractivity contribution is 5.83. The Morgan fingerprint density at radius 3 is 2.65 bits per heavy atom. The molecule has 0 bridgehead atoms. The van der Waals surface area contributed by atoms with E-state index in [1.807, 2.05) is 0 Å². The summed E-state index contributed by atoms with van der Waals surface area (Å²) in [6.07, 6.45) is 4.82. The first-order valence-electron chi connectivity index (χ1n) is 6.43. The summed E-state index contributed by atoms with van der Waals surface area (Å²) in [5.41, 5.74) is 0. The minimum Gasteiger partial charge on any atom is -0.480 e. The average Bonchev–Trinajstić information content (AvgIpc) is 3.01. The summed E-state index contributed by atoms with van der Waals surface area (Å²) in [6.45, 7) is 2.81. The number of nitrogens with one attached hydrogen (secondary N) is 1. The maximum Gasteiger partial charge on any atom is 0.326 e. The maximum absolute atomic E-state index is 12.0. The summed E-state index contributed by atoms with van der Waals surface area (Å²) in [5, 5.41) is 11.7. The van der Waals surface area contributed by atoms with E-state index < -0.39 is 12.0 Å². The lowest BCUT2D eigenvalue weighted by Crippen LogP contribution is -2.50. The summed E-state index contributed by atoms with van der Waals surface area (Å²) < 4.78 is 0. The normalized spacial score (nSPS) is 25.7. The van der Waals surface area contributed by atoms with Crippen LogP contribution in [0.1, 0.15) is 39.0 Å². The third-order valence-electron chi connectivity index (χ3n) is 3.75. The number of rotatable bonds is 4. The smallest absolute Gasteiger partial charge is 0.326 e. The van der Waals surface area contributed by atoms with Gasteiger partial charge in [-0.3, -0.25) is 0 Å². The Morgan fingerprint density at radius 2 is 2.12 bits per heavy atom. The van der Waals surface area contributed by atoms with Gasteiger partial charge in [-0.2, -0.15) is 0 Å². The fraction of sp³-hybridized carbons (Fsp3) is 0.833. The minimum absolute atomic E-state index is 0.138. The molecular weight excluding hydrogens is 220 g/mol. The number of hydrogen-bond donors (Lipinski definition) is 2. The molecule has 2 rings (SSSR count). The zero-order valence-corrected chi connectivity index (χ0v) is 10.2. The first-order chi connectivity index (χ1) is 8.13. The van der Waals surface area contributed by atoms with Crippen LogP contribution in [0.25, 0.3) is 0 Å². The van der Waals surface area contributed by atoms with Crippen molar-refractivity contribution in [1.82, 2.24) is 10.2 Å². The molecule has 2 fully saturated rings. The Morgan fingerprint density at radius 1 is 1.41 bits per heavy atom. The molecule has 2 atom stereocenters. The number of nitrogens with zero attached hydrogens (tertiary/aromatic N) is 1. The molecule has 0 aromatic rings. The van der Waals surface area contributed by atoms with Crippen molar-refractivity contribution in [2.75, 3.05) is 6.54 Å². The number of carbonyl (C=O) groups excluding carboxylic acids is 1. The zero-order valence-electron chi connectivity index (χ0n) is 10.2. The van der Waals surface area contributed by atoms with E-state index in [1.54, 1.807) is 4.90 Å². The molecule has 96 valence electrons. The fourth-order valence-corrected chi connectivity index (χ4v) is 2.55. The molecule has 1 heterocycles. The summed E-state index contributed by atoms with van der Waals surface area (Å²) in [4.78, 5) is 24.9. The second-order valence-corrected chi connectivity index (χ2v) is 5.00. The van der Waals surface area contributed by atoms with Gasteiger partial charge in [0.25, 0.3) is 0 Å². The maximum atomic E-state index is 12.0. The molecule has 2 aliphatic rings. The lowest BCUT2D eigenvalue weighted by Gasteiger charge is -2.26. The highest BCUT2D eigenvalue weighted by atomic mass is 16.4. The van der Waals surface area contributed by atoms with Gasteiger partial charge in [0.2, 0.25) is 0 Å². The van der Waals surface area contributed by atoms with E-state index in [4.69, 9.17) is 5.11 Å². The highest BCUT2D eigenvalue weighted by Crippen LogP contribution is 2.33. The van der Waals surface area contributed by atoms with E-state index >= 15 is 0 Å². The number of carbonyl (C=O) groups is 2. The zero-order chi connectivity index (χ0) is 12.4. The van der Waals surface area contributed by atoms with Crippen molar-refractivity contribution in [3.63, 3.8) is 0 Å². The molecule has 0 aromatic heterocycles. The van der Waals surface area contributed by atoms with Crippen LogP contribution in [0, 0.1) is 5.92 Å². The number of aliphatic carboxylic acids is 1. The number of amides is 2. The standard InChI is InChI=1S/C12H20N2O3/c1-2-9-4-3-7-14(9)12(17)13-10(11(15)16)8-5-6-8/h8-10H,2-7H2,1H3,(H,13,17)(H,15,16). The third-order valence-corrected chi connectivity index (χ3v) is 3.75. The largest absolute Gasteiger partial charge is 0.480 e. The van der Waals surface area contributed by atoms with Gasteiger partial charge in [0.1, 0.15) is 6.04 Å². The van der Waals surface area contributed by atoms with Gasteiger partial charge in [-0.25, -0.2) is 9.59 Å². The van der Waals surface area contributed by atoms with Gasteiger partial charge >= 0.3 is 12.0 Å². The number of likely N-dealkylation sites (tertiary alicyclic amines) is 1. The average molecular weight is 240 g/mol. The highest BCUT2D eigenvalue weighted by Gasteiger charge is 2.39. The van der Waals surface area contributed by atoms with Crippen LogP contribution < -0.4 is 5.32 Å². The molecule has 2 unspecified atom stereocenters. The van der Waals surface area contributed by atoms with Gasteiger partial charge in [-0.1, -0.05) is 6.92 Å². The molecule has 5 heteroatoms. The molecule has 0 aromatic carbocycles. The summed E-state index contributed by atoms with van der Waals surface area (Å²) in [7, 11) is 0. The van der Waals surface area contributed by atoms with E-state index in [2.05, 4.69) is 12.2 Å². The Balaban J connectivity index is 1.92. The third kappa shape index (κ3) is 2.70.